The van der Waals surface area contributed by atoms with Crippen LogP contribution in [0.1, 0.15) is 15.9 Å². The van der Waals surface area contributed by atoms with Crippen molar-refractivity contribution in [2.24, 2.45) is 0 Å². The van der Waals surface area contributed by atoms with Gasteiger partial charge in [0.1, 0.15) is 0 Å². The van der Waals surface area contributed by atoms with Crippen LogP contribution < -0.4 is 5.32 Å². The molecule has 0 fully saturated rings. The maximum atomic E-state index is 12.3. The van der Waals surface area contributed by atoms with Crippen LogP contribution in [0.3, 0.4) is 0 Å². The van der Waals surface area contributed by atoms with E-state index in [1.54, 1.807) is 30.1 Å². The predicted octanol–water partition coefficient (Wildman–Crippen LogP) is 4.40. The van der Waals surface area contributed by atoms with Gasteiger partial charge in [-0.05, 0) is 34.9 Å². The Hall–Kier alpha value is -3.11. The van der Waals surface area contributed by atoms with Gasteiger partial charge in [0, 0.05) is 24.2 Å². The lowest BCUT2D eigenvalue weighted by Gasteiger charge is -2.18. The quantitative estimate of drug-likeness (QED) is 0.676. The minimum Gasteiger partial charge on any atom is -0.343 e. The molecule has 5 heteroatoms. The highest BCUT2D eigenvalue weighted by molar-refractivity contribution is 6.31. The summed E-state index contributed by atoms with van der Waals surface area (Å²) in [6.07, 6.45) is 0. The molecule has 0 aromatic heterocycles. The first kappa shape index (κ1) is 19.6. The third-order valence-electron chi connectivity index (χ3n) is 4.45. The Balaban J connectivity index is 1.54. The van der Waals surface area contributed by atoms with Crippen molar-refractivity contribution >= 4 is 23.4 Å². The molecule has 0 bridgehead atoms. The van der Waals surface area contributed by atoms with Gasteiger partial charge in [-0.3, -0.25) is 9.59 Å². The summed E-state index contributed by atoms with van der Waals surface area (Å²) in [4.78, 5) is 26.2. The Kier molecular flexibility index (Phi) is 6.45. The highest BCUT2D eigenvalue weighted by Gasteiger charge is 2.13. The van der Waals surface area contributed by atoms with Gasteiger partial charge >= 0.3 is 0 Å². The summed E-state index contributed by atoms with van der Waals surface area (Å²) < 4.78 is 0. The molecule has 0 aliphatic rings. The van der Waals surface area contributed by atoms with Crippen LogP contribution in [0.2, 0.25) is 5.02 Å². The average molecular weight is 393 g/mol. The first-order valence-electron chi connectivity index (χ1n) is 8.95. The molecule has 3 aromatic carbocycles. The zero-order chi connectivity index (χ0) is 19.9. The number of benzene rings is 3. The van der Waals surface area contributed by atoms with Gasteiger partial charge in [0.2, 0.25) is 5.91 Å². The number of carbonyl (C=O) groups is 2. The van der Waals surface area contributed by atoms with E-state index in [4.69, 9.17) is 11.6 Å². The number of hydrogen-bond donors (Lipinski definition) is 1. The van der Waals surface area contributed by atoms with Gasteiger partial charge < -0.3 is 10.2 Å². The molecule has 0 spiro atoms. The molecule has 0 saturated heterocycles. The molecule has 0 radical (unpaired) electrons. The summed E-state index contributed by atoms with van der Waals surface area (Å²) in [5, 5.41) is 3.29. The lowest BCUT2D eigenvalue weighted by molar-refractivity contribution is -0.129. The highest BCUT2D eigenvalue weighted by atomic mass is 35.5. The number of rotatable bonds is 6. The molecule has 0 atom stereocenters. The van der Waals surface area contributed by atoms with E-state index in [0.717, 1.165) is 16.7 Å². The second-order valence-electron chi connectivity index (χ2n) is 6.47. The number of nitrogens with zero attached hydrogens (tertiary/aromatic N) is 1. The fourth-order valence-electron chi connectivity index (χ4n) is 2.81. The van der Waals surface area contributed by atoms with Crippen molar-refractivity contribution in [3.05, 3.63) is 95.0 Å². The molecule has 142 valence electrons. The van der Waals surface area contributed by atoms with Crippen molar-refractivity contribution in [3.63, 3.8) is 0 Å². The number of nitrogens with one attached hydrogen (secondary N) is 1. The SMILES string of the molecule is CN(Cc1ccccc1Cl)C(=O)CNC(=O)c1ccc(-c2ccccc2)cc1. The molecule has 28 heavy (non-hydrogen) atoms. The van der Waals surface area contributed by atoms with E-state index in [1.165, 1.54) is 0 Å². The molecule has 0 aliphatic carbocycles. The van der Waals surface area contributed by atoms with Crippen LogP contribution in [0, 0.1) is 0 Å². The van der Waals surface area contributed by atoms with Crippen LogP contribution in [-0.4, -0.2) is 30.3 Å². The third-order valence-corrected chi connectivity index (χ3v) is 4.81. The van der Waals surface area contributed by atoms with Gasteiger partial charge in [-0.1, -0.05) is 72.3 Å². The van der Waals surface area contributed by atoms with E-state index in [9.17, 15) is 9.59 Å². The van der Waals surface area contributed by atoms with Crippen molar-refractivity contribution in [2.45, 2.75) is 6.54 Å². The molecular weight excluding hydrogens is 372 g/mol. The topological polar surface area (TPSA) is 49.4 Å². The van der Waals surface area contributed by atoms with Crippen LogP contribution in [0.15, 0.2) is 78.9 Å². The molecular formula is C23H21ClN2O2. The van der Waals surface area contributed by atoms with E-state index in [-0.39, 0.29) is 18.4 Å². The van der Waals surface area contributed by atoms with Gasteiger partial charge in [0.05, 0.1) is 6.54 Å². The number of likely N-dealkylation sites (N-methyl/N-ethyl adjacent to an activating group) is 1. The van der Waals surface area contributed by atoms with Gasteiger partial charge in [-0.25, -0.2) is 0 Å². The van der Waals surface area contributed by atoms with E-state index in [2.05, 4.69) is 5.32 Å². The molecule has 4 nitrogen and oxygen atoms in total. The average Bonchev–Trinajstić information content (AvgIpc) is 2.74. The second-order valence-corrected chi connectivity index (χ2v) is 6.87. The van der Waals surface area contributed by atoms with Crippen LogP contribution in [-0.2, 0) is 11.3 Å². The largest absolute Gasteiger partial charge is 0.343 e. The van der Waals surface area contributed by atoms with Crippen LogP contribution in [0.5, 0.6) is 0 Å². The number of hydrogen-bond acceptors (Lipinski definition) is 2. The molecule has 0 aliphatic heterocycles. The van der Waals surface area contributed by atoms with Crippen LogP contribution in [0.4, 0.5) is 0 Å². The summed E-state index contributed by atoms with van der Waals surface area (Å²) in [6, 6.07) is 24.6. The zero-order valence-corrected chi connectivity index (χ0v) is 16.3. The van der Waals surface area contributed by atoms with Crippen molar-refractivity contribution in [1.82, 2.24) is 10.2 Å². The molecule has 1 N–H and O–H groups in total. The van der Waals surface area contributed by atoms with Crippen LogP contribution in [0.25, 0.3) is 11.1 Å². The molecule has 0 heterocycles. The normalized spacial score (nSPS) is 10.4. The van der Waals surface area contributed by atoms with Gasteiger partial charge in [-0.2, -0.15) is 0 Å². The summed E-state index contributed by atoms with van der Waals surface area (Å²) in [5.74, 6) is -0.465. The third kappa shape index (κ3) is 4.99. The number of amides is 2. The summed E-state index contributed by atoms with van der Waals surface area (Å²) in [6.45, 7) is 0.320. The summed E-state index contributed by atoms with van der Waals surface area (Å²) >= 11 is 6.13. The Morgan fingerprint density at radius 3 is 2.14 bits per heavy atom. The lowest BCUT2D eigenvalue weighted by Crippen LogP contribution is -2.37. The standard InChI is InChI=1S/C23H21ClN2O2/c1-26(16-20-9-5-6-10-21(20)24)22(27)15-25-23(28)19-13-11-18(12-14-19)17-7-3-2-4-8-17/h2-14H,15-16H2,1H3,(H,25,28). The van der Waals surface area contributed by atoms with E-state index < -0.39 is 0 Å². The Morgan fingerprint density at radius 2 is 1.46 bits per heavy atom. The zero-order valence-electron chi connectivity index (χ0n) is 15.6. The van der Waals surface area contributed by atoms with Crippen molar-refractivity contribution < 1.29 is 9.59 Å². The number of carbonyl (C=O) groups excluding carboxylic acids is 2. The molecule has 2 amide bonds. The summed E-state index contributed by atoms with van der Waals surface area (Å²) in [5.41, 5.74) is 3.50. The van der Waals surface area contributed by atoms with E-state index in [0.29, 0.717) is 17.1 Å². The minimum atomic E-state index is -0.279. The molecule has 3 rings (SSSR count). The lowest BCUT2D eigenvalue weighted by atomic mass is 10.0. The molecule has 3 aromatic rings. The first-order chi connectivity index (χ1) is 13.5. The molecule has 0 unspecified atom stereocenters. The first-order valence-corrected chi connectivity index (χ1v) is 9.33. The summed E-state index contributed by atoms with van der Waals surface area (Å²) in [7, 11) is 1.69. The fraction of sp³-hybridized carbons (Fsp3) is 0.130. The Labute approximate surface area is 169 Å². The van der Waals surface area contributed by atoms with Gasteiger partial charge in [0.25, 0.3) is 5.91 Å². The Bertz CT molecular complexity index is 956. The van der Waals surface area contributed by atoms with Crippen molar-refractivity contribution in [3.8, 4) is 11.1 Å². The Morgan fingerprint density at radius 1 is 0.857 bits per heavy atom. The maximum absolute atomic E-state index is 12.3. The van der Waals surface area contributed by atoms with E-state index in [1.807, 2.05) is 60.7 Å². The second kappa shape index (κ2) is 9.20. The predicted molar refractivity (Wildman–Crippen MR) is 112 cm³/mol. The van der Waals surface area contributed by atoms with Gasteiger partial charge in [0.15, 0.2) is 0 Å². The fourth-order valence-corrected chi connectivity index (χ4v) is 3.00. The van der Waals surface area contributed by atoms with E-state index >= 15 is 0 Å². The number of halogens is 1. The van der Waals surface area contributed by atoms with Crippen LogP contribution >= 0.6 is 11.6 Å². The smallest absolute Gasteiger partial charge is 0.251 e. The van der Waals surface area contributed by atoms with Crippen molar-refractivity contribution in [1.29, 1.82) is 0 Å². The monoisotopic (exact) mass is 392 g/mol. The molecule has 0 saturated carbocycles. The van der Waals surface area contributed by atoms with Gasteiger partial charge in [-0.15, -0.1) is 0 Å². The highest BCUT2D eigenvalue weighted by Crippen LogP contribution is 2.19. The van der Waals surface area contributed by atoms with Crippen molar-refractivity contribution in [2.75, 3.05) is 13.6 Å². The maximum Gasteiger partial charge on any atom is 0.251 e. The minimum absolute atomic E-state index is 0.0692.